The molecule has 0 atom stereocenters. The van der Waals surface area contributed by atoms with Crippen molar-refractivity contribution in [3.05, 3.63) is 0 Å². The van der Waals surface area contributed by atoms with Crippen molar-refractivity contribution in [3.8, 4) is 0 Å². The van der Waals surface area contributed by atoms with Gasteiger partial charge in [0.25, 0.3) is 0 Å². The van der Waals surface area contributed by atoms with Crippen LogP contribution in [0.2, 0.25) is 0 Å². The molecule has 0 aromatic carbocycles. The molecule has 0 aliphatic carbocycles. The Labute approximate surface area is 383 Å². The third-order valence-electron chi connectivity index (χ3n) is 3.27. The van der Waals surface area contributed by atoms with Crippen LogP contribution < -0.4 is 176 Å². The fourth-order valence-electron chi connectivity index (χ4n) is 1.49. The zero-order chi connectivity index (χ0) is 33.1. The average Bonchev–Trinajstić information content (AvgIpc) is 2.76. The number of rotatable bonds is 15. The molecule has 20 N–H and O–H groups in total. The van der Waals surface area contributed by atoms with Gasteiger partial charge in [-0.3, -0.25) is 22.8 Å². The Balaban J connectivity index is -0.0000000224. The van der Waals surface area contributed by atoms with Gasteiger partial charge in [0.05, 0.1) is 30.8 Å². The summed E-state index contributed by atoms with van der Waals surface area (Å²) in [6.07, 6.45) is 1.50. The second kappa shape index (κ2) is 45.7. The second-order valence-electron chi connectivity index (χ2n) is 7.65. The van der Waals surface area contributed by atoms with Crippen LogP contribution in [-0.2, 0) is 22.8 Å². The third-order valence-corrected chi connectivity index (χ3v) is 7.76. The summed E-state index contributed by atoms with van der Waals surface area (Å²) in [5.74, 6) is 0. The van der Waals surface area contributed by atoms with Crippen LogP contribution in [-0.4, -0.2) is 112 Å². The van der Waals surface area contributed by atoms with Crippen molar-refractivity contribution in [2.24, 2.45) is 28.7 Å². The maximum atomic E-state index is 10.0. The van der Waals surface area contributed by atoms with E-state index < -0.39 is 38.0 Å². The minimum Gasteiger partial charge on any atom is -1.00 e. The maximum Gasteiger partial charge on any atom is 1.00 e. The Morgan fingerprint density at radius 3 is 0.422 bits per heavy atom. The van der Waals surface area contributed by atoms with Crippen molar-refractivity contribution in [2.75, 3.05) is 63.5 Å². The molecule has 0 spiro atoms. The first-order valence-corrected chi connectivity index (χ1v) is 20.5. The molecular weight excluding hydrogens is 760 g/mol. The van der Waals surface area contributed by atoms with E-state index in [4.69, 9.17) is 77.6 Å². The quantitative estimate of drug-likeness (QED) is 0.0539. The van der Waals surface area contributed by atoms with Crippen LogP contribution in [0.15, 0.2) is 0 Å². The van der Waals surface area contributed by atoms with Crippen LogP contribution in [0.25, 0.3) is 0 Å². The van der Waals surface area contributed by atoms with Gasteiger partial charge in [0, 0.05) is 0 Å². The fourth-order valence-corrected chi connectivity index (χ4v) is 4.46. The Bertz CT molecular complexity index is 691. The monoisotopic (exact) mass is 815 g/mol. The van der Waals surface area contributed by atoms with Crippen LogP contribution >= 0.6 is 38.0 Å². The fraction of sp³-hybridized carbons (Fsp3) is 1.00. The van der Waals surface area contributed by atoms with Gasteiger partial charge >= 0.3 is 186 Å². The van der Waals surface area contributed by atoms with Crippen molar-refractivity contribution in [3.63, 3.8) is 0 Å². The van der Waals surface area contributed by atoms with Gasteiger partial charge in [0.1, 0.15) is 0 Å². The summed E-state index contributed by atoms with van der Waals surface area (Å²) >= 11 is 0. The first-order chi connectivity index (χ1) is 17.8. The first kappa shape index (κ1) is 75.5. The molecule has 260 valence electrons. The van der Waals surface area contributed by atoms with E-state index >= 15 is 0 Å². The molecule has 0 aromatic rings. The molecule has 0 saturated carbocycles. The summed E-state index contributed by atoms with van der Waals surface area (Å²) in [5.41, 5.74) is 25.0. The first-order valence-electron chi connectivity index (χ1n) is 11.5. The van der Waals surface area contributed by atoms with Gasteiger partial charge in [-0.05, 0) is 64.8 Å². The molecule has 30 heteroatoms. The van der Waals surface area contributed by atoms with Gasteiger partial charge in [0.2, 0.25) is 0 Å². The van der Waals surface area contributed by atoms with E-state index in [0.29, 0.717) is 64.8 Å². The SMILES string of the molecule is NCCCP(=O)(O)O.NCCCP(=O)(O)O.NCCCP(=O)(O)O.NCCCP(=O)(O)O.NCCCP(=O)(O)O.[H-].[H-].[H-].[H-].[H-].[Na+].[Na+].[Na+].[Na+].[Na+]. The van der Waals surface area contributed by atoms with Crippen molar-refractivity contribution in [1.29, 1.82) is 0 Å². The van der Waals surface area contributed by atoms with E-state index in [2.05, 4.69) is 0 Å². The molecule has 0 amide bonds. The van der Waals surface area contributed by atoms with Gasteiger partial charge in [-0.1, -0.05) is 0 Å². The molecular formula is C15H55N5Na5O15P5. The van der Waals surface area contributed by atoms with Crippen LogP contribution in [0.3, 0.4) is 0 Å². The molecule has 20 nitrogen and oxygen atoms in total. The Hall–Kier alpha value is 5.55. The van der Waals surface area contributed by atoms with Crippen molar-refractivity contribution in [2.45, 2.75) is 32.1 Å². The van der Waals surface area contributed by atoms with E-state index in [1.54, 1.807) is 0 Å². The van der Waals surface area contributed by atoms with Crippen molar-refractivity contribution in [1.82, 2.24) is 0 Å². The van der Waals surface area contributed by atoms with Crippen LogP contribution in [0.4, 0.5) is 0 Å². The smallest absolute Gasteiger partial charge is 1.00 e. The summed E-state index contributed by atoms with van der Waals surface area (Å²) in [7, 11) is -18.8. The molecule has 0 unspecified atom stereocenters. The number of hydrogen-bond acceptors (Lipinski definition) is 10. The van der Waals surface area contributed by atoms with Gasteiger partial charge in [-0.15, -0.1) is 0 Å². The molecule has 0 bridgehead atoms. The molecule has 0 saturated heterocycles. The predicted octanol–water partition coefficient (Wildman–Crippen LogP) is -16.9. The predicted molar refractivity (Wildman–Crippen MR) is 158 cm³/mol. The molecule has 0 aliphatic rings. The van der Waals surface area contributed by atoms with Crippen molar-refractivity contribution < 1.29 is 227 Å². The van der Waals surface area contributed by atoms with E-state index in [0.717, 1.165) is 0 Å². The van der Waals surface area contributed by atoms with E-state index in [9.17, 15) is 22.8 Å². The minimum atomic E-state index is -3.76. The topological polar surface area (TPSA) is 418 Å². The van der Waals surface area contributed by atoms with E-state index in [-0.39, 0.29) is 186 Å². The van der Waals surface area contributed by atoms with Gasteiger partial charge in [-0.2, -0.15) is 0 Å². The van der Waals surface area contributed by atoms with E-state index in [1.165, 1.54) is 0 Å². The van der Waals surface area contributed by atoms with Gasteiger partial charge in [0.15, 0.2) is 0 Å². The molecule has 0 aliphatic heterocycles. The molecule has 0 fully saturated rings. The number of hydrogen-bond donors (Lipinski definition) is 15. The Morgan fingerprint density at radius 1 is 0.311 bits per heavy atom. The molecule has 0 rings (SSSR count). The summed E-state index contributed by atoms with van der Waals surface area (Å²) in [5, 5.41) is 0. The van der Waals surface area contributed by atoms with Crippen LogP contribution in [0, 0.1) is 0 Å². The maximum absolute atomic E-state index is 10.0. The average molecular weight is 815 g/mol. The van der Waals surface area contributed by atoms with Crippen LogP contribution in [0.1, 0.15) is 39.2 Å². The zero-order valence-electron chi connectivity index (χ0n) is 32.2. The van der Waals surface area contributed by atoms with Gasteiger partial charge < -0.3 is 84.7 Å². The third kappa shape index (κ3) is 120. The van der Waals surface area contributed by atoms with E-state index in [1.807, 2.05) is 0 Å². The van der Waals surface area contributed by atoms with Crippen molar-refractivity contribution >= 4 is 38.0 Å². The Morgan fingerprint density at radius 2 is 0.400 bits per heavy atom. The Kier molecular flexibility index (Phi) is 76.7. The summed E-state index contributed by atoms with van der Waals surface area (Å²) in [6, 6.07) is 0. The summed E-state index contributed by atoms with van der Waals surface area (Å²) in [4.78, 5) is 82.0. The molecule has 0 aromatic heterocycles. The molecule has 0 heterocycles. The normalized spacial score (nSPS) is 10.6. The molecule has 45 heavy (non-hydrogen) atoms. The minimum absolute atomic E-state index is 0. The number of nitrogens with two attached hydrogens (primary N) is 5. The van der Waals surface area contributed by atoms with Gasteiger partial charge in [-0.25, -0.2) is 0 Å². The van der Waals surface area contributed by atoms with Crippen LogP contribution in [0.5, 0.6) is 0 Å². The zero-order valence-corrected chi connectivity index (χ0v) is 41.7. The standard InChI is InChI=1S/5C3H10NO3P.5Na.5H/c5*4-2-1-3-8(5,6)7;;;;;;;;;;/h5*1-4H2,(H2,5,6,7);;;;;;;;;;/q;;;;;5*+1;5*-1. The largest absolute Gasteiger partial charge is 1.00 e. The summed E-state index contributed by atoms with van der Waals surface area (Å²) in [6.45, 7) is 1.69. The second-order valence-corrected chi connectivity index (χ2v) is 16.5. The summed E-state index contributed by atoms with van der Waals surface area (Å²) < 4.78 is 50.1. The molecule has 0 radical (unpaired) electrons.